The van der Waals surface area contributed by atoms with Crippen LogP contribution in [0.15, 0.2) is 78.5 Å². The van der Waals surface area contributed by atoms with Crippen LogP contribution in [-0.4, -0.2) is 49.4 Å². The number of nitrogens with one attached hydrogen (secondary N) is 1. The summed E-state index contributed by atoms with van der Waals surface area (Å²) < 4.78 is 0.280. The number of nitrogen functional groups attached to an aromatic ring is 1. The lowest BCUT2D eigenvalue weighted by molar-refractivity contribution is -0.144. The number of hydrogen-bond donors (Lipinski definition) is 3. The molecule has 2 aliphatic heterocycles. The number of thioether (sulfide) groups is 1. The van der Waals surface area contributed by atoms with Gasteiger partial charge >= 0.3 is 5.97 Å². The fourth-order valence-electron chi connectivity index (χ4n) is 4.72. The Morgan fingerprint density at radius 2 is 1.74 bits per heavy atom. The van der Waals surface area contributed by atoms with Crippen molar-refractivity contribution in [1.82, 2.24) is 15.2 Å². The van der Waals surface area contributed by atoms with Gasteiger partial charge in [-0.15, -0.1) is 11.8 Å². The lowest BCUT2D eigenvalue weighted by Crippen LogP contribution is -2.69. The summed E-state index contributed by atoms with van der Waals surface area (Å²) in [5.74, 6) is -2.28. The van der Waals surface area contributed by atoms with Crippen LogP contribution in [0.5, 0.6) is 0 Å². The van der Waals surface area contributed by atoms with E-state index in [-0.39, 0.29) is 38.1 Å². The average molecular weight is 567 g/mol. The number of anilines is 1. The largest absolute Gasteiger partial charge is 0.478 e. The molecule has 0 bridgehead atoms. The van der Waals surface area contributed by atoms with E-state index in [1.54, 1.807) is 13.0 Å². The molecule has 11 heteroatoms. The van der Waals surface area contributed by atoms with Gasteiger partial charge in [0, 0.05) is 12.1 Å². The van der Waals surface area contributed by atoms with Crippen molar-refractivity contribution < 1.29 is 19.5 Å². The van der Waals surface area contributed by atoms with Crippen molar-refractivity contribution in [2.45, 2.75) is 29.5 Å². The lowest BCUT2D eigenvalue weighted by atomic mass is 9.85. The van der Waals surface area contributed by atoms with Crippen LogP contribution in [0.1, 0.15) is 29.7 Å². The van der Waals surface area contributed by atoms with Crippen molar-refractivity contribution in [2.75, 3.05) is 5.73 Å². The fourth-order valence-corrected chi connectivity index (χ4v) is 7.39. The minimum Gasteiger partial charge on any atom is -0.478 e. The van der Waals surface area contributed by atoms with Crippen LogP contribution < -0.4 is 11.1 Å². The number of carbonyl (C=O) groups is 3. The summed E-state index contributed by atoms with van der Waals surface area (Å²) >= 11 is 8.63. The third-order valence-electron chi connectivity index (χ3n) is 6.50. The van der Waals surface area contributed by atoms with E-state index in [9.17, 15) is 19.5 Å². The smallest absolute Gasteiger partial charge is 0.334 e. The molecule has 3 aromatic rings. The first kappa shape index (κ1) is 26.0. The standard InChI is InChI=1S/C27H23ClN4O4S2/c1-2-16(19-22(28)38-27(29)31-19)23(33)30-20-24(34)32-13-17(26(35)36)21(37-25(20)32)18(14-9-5-3-6-10-14)15-11-7-4-8-12-15/h2-13,18,20-21,25H,1H3,(H2,29,31)(H,30,33)(H,35,36)/t20?,21?,25-/m1/s1. The first-order valence-corrected chi connectivity index (χ1v) is 13.9. The first-order chi connectivity index (χ1) is 18.3. The van der Waals surface area contributed by atoms with Gasteiger partial charge in [0.05, 0.1) is 16.4 Å². The number of β-lactam (4-membered cyclic amide) rings is 1. The summed E-state index contributed by atoms with van der Waals surface area (Å²) in [6.07, 6.45) is 2.98. The van der Waals surface area contributed by atoms with Crippen molar-refractivity contribution in [2.24, 2.45) is 0 Å². The Bertz CT molecular complexity index is 1420. The summed E-state index contributed by atoms with van der Waals surface area (Å²) in [5, 5.41) is 12.1. The maximum atomic E-state index is 13.2. The van der Waals surface area contributed by atoms with E-state index in [2.05, 4.69) is 10.3 Å². The van der Waals surface area contributed by atoms with Gasteiger partial charge in [-0.05, 0) is 18.1 Å². The van der Waals surface area contributed by atoms with Gasteiger partial charge in [0.15, 0.2) is 5.13 Å². The molecule has 0 saturated carbocycles. The van der Waals surface area contributed by atoms with Gasteiger partial charge < -0.3 is 21.1 Å². The molecule has 4 N–H and O–H groups in total. The lowest BCUT2D eigenvalue weighted by Gasteiger charge is -2.50. The average Bonchev–Trinajstić information content (AvgIpc) is 3.25. The summed E-state index contributed by atoms with van der Waals surface area (Å²) in [6, 6.07) is 18.5. The third kappa shape index (κ3) is 4.70. The molecular weight excluding hydrogens is 544 g/mol. The SMILES string of the molecule is CC=C(C(=O)NC1C(=O)N2C=C(C(=O)O)C(C(c3ccccc3)c3ccccc3)S[C@H]12)c1nc(N)sc1Cl. The summed E-state index contributed by atoms with van der Waals surface area (Å²) in [7, 11) is 0. The summed E-state index contributed by atoms with van der Waals surface area (Å²) in [4.78, 5) is 44.1. The Balaban J connectivity index is 1.46. The number of aliphatic carboxylic acids is 1. The van der Waals surface area contributed by atoms with E-state index in [0.717, 1.165) is 22.5 Å². The predicted molar refractivity (Wildman–Crippen MR) is 150 cm³/mol. The molecule has 8 nitrogen and oxygen atoms in total. The molecule has 2 aliphatic rings. The van der Waals surface area contributed by atoms with Crippen LogP contribution in [0, 0.1) is 0 Å². The van der Waals surface area contributed by atoms with E-state index < -0.39 is 28.5 Å². The molecule has 38 heavy (non-hydrogen) atoms. The molecule has 3 heterocycles. The fraction of sp³-hybridized carbons (Fsp3) is 0.185. The molecular formula is C27H23ClN4O4S2. The second kappa shape index (κ2) is 10.6. The van der Waals surface area contributed by atoms with Crippen molar-refractivity contribution >= 4 is 63.2 Å². The van der Waals surface area contributed by atoms with Crippen LogP contribution in [0.25, 0.3) is 5.57 Å². The monoisotopic (exact) mass is 566 g/mol. The van der Waals surface area contributed by atoms with Crippen LogP contribution in [0.3, 0.4) is 0 Å². The number of halogens is 1. The normalized spacial score (nSPS) is 21.0. The van der Waals surface area contributed by atoms with E-state index >= 15 is 0 Å². The Morgan fingerprint density at radius 1 is 1.13 bits per heavy atom. The number of aromatic nitrogens is 1. The van der Waals surface area contributed by atoms with Crippen LogP contribution in [0.2, 0.25) is 4.34 Å². The van der Waals surface area contributed by atoms with Crippen molar-refractivity contribution in [3.05, 3.63) is 99.7 Å². The minimum absolute atomic E-state index is 0.126. The van der Waals surface area contributed by atoms with E-state index in [1.807, 2.05) is 60.7 Å². The number of amides is 2. The molecule has 0 spiro atoms. The van der Waals surface area contributed by atoms with E-state index in [1.165, 1.54) is 22.9 Å². The number of rotatable bonds is 7. The molecule has 5 rings (SSSR count). The van der Waals surface area contributed by atoms with E-state index in [4.69, 9.17) is 17.3 Å². The molecule has 2 amide bonds. The molecule has 194 valence electrons. The van der Waals surface area contributed by atoms with Gasteiger partial charge in [0.25, 0.3) is 11.8 Å². The van der Waals surface area contributed by atoms with Gasteiger partial charge in [-0.25, -0.2) is 9.78 Å². The number of carboxylic acids is 1. The van der Waals surface area contributed by atoms with Crippen LogP contribution >= 0.6 is 34.7 Å². The number of nitrogens with two attached hydrogens (primary N) is 1. The van der Waals surface area contributed by atoms with E-state index in [0.29, 0.717) is 0 Å². The molecule has 1 aromatic heterocycles. The van der Waals surface area contributed by atoms with Crippen molar-refractivity contribution in [3.63, 3.8) is 0 Å². The zero-order valence-corrected chi connectivity index (χ0v) is 22.5. The molecule has 0 aliphatic carbocycles. The van der Waals surface area contributed by atoms with Crippen LogP contribution in [-0.2, 0) is 14.4 Å². The van der Waals surface area contributed by atoms with Gasteiger partial charge in [0.1, 0.15) is 21.4 Å². The number of carboxylic acid groups (broad SMARTS) is 1. The second-order valence-corrected chi connectivity index (χ2v) is 11.6. The number of carbonyl (C=O) groups excluding carboxylic acids is 2. The van der Waals surface area contributed by atoms with Crippen molar-refractivity contribution in [3.8, 4) is 0 Å². The quantitative estimate of drug-likeness (QED) is 0.287. The number of thiazole rings is 1. The van der Waals surface area contributed by atoms with Crippen LogP contribution in [0.4, 0.5) is 5.13 Å². The molecule has 3 atom stereocenters. The number of fused-ring (bicyclic) bond motifs is 1. The van der Waals surface area contributed by atoms with Gasteiger partial charge in [-0.1, -0.05) is 89.7 Å². The highest BCUT2D eigenvalue weighted by atomic mass is 35.5. The molecule has 1 fully saturated rings. The minimum atomic E-state index is -1.09. The Labute approximate surface area is 232 Å². The maximum absolute atomic E-state index is 13.2. The van der Waals surface area contributed by atoms with Gasteiger partial charge in [-0.2, -0.15) is 0 Å². The zero-order chi connectivity index (χ0) is 27.0. The number of benzene rings is 2. The first-order valence-electron chi connectivity index (χ1n) is 11.7. The summed E-state index contributed by atoms with van der Waals surface area (Å²) in [5.41, 5.74) is 8.24. The number of hydrogen-bond acceptors (Lipinski definition) is 7. The third-order valence-corrected chi connectivity index (χ3v) is 9.18. The topological polar surface area (TPSA) is 126 Å². The second-order valence-electron chi connectivity index (χ2n) is 8.71. The zero-order valence-electron chi connectivity index (χ0n) is 20.1. The highest BCUT2D eigenvalue weighted by molar-refractivity contribution is 8.01. The van der Waals surface area contributed by atoms with Gasteiger partial charge in [-0.3, -0.25) is 9.59 Å². The van der Waals surface area contributed by atoms with Crippen molar-refractivity contribution in [1.29, 1.82) is 0 Å². The molecule has 2 unspecified atom stereocenters. The predicted octanol–water partition coefficient (Wildman–Crippen LogP) is 4.35. The summed E-state index contributed by atoms with van der Waals surface area (Å²) in [6.45, 7) is 1.67. The Morgan fingerprint density at radius 3 is 2.24 bits per heavy atom. The molecule has 1 saturated heterocycles. The number of allylic oxidation sites excluding steroid dienone is 1. The molecule has 2 aromatic carbocycles. The van der Waals surface area contributed by atoms with Gasteiger partial charge in [0.2, 0.25) is 0 Å². The highest BCUT2D eigenvalue weighted by Crippen LogP contribution is 2.48. The Kier molecular flexibility index (Phi) is 7.29. The maximum Gasteiger partial charge on any atom is 0.334 e. The number of nitrogens with zero attached hydrogens (tertiary/aromatic N) is 2. The Hall–Kier alpha value is -3.60. The molecule has 0 radical (unpaired) electrons. The highest BCUT2D eigenvalue weighted by Gasteiger charge is 2.54.